The van der Waals surface area contributed by atoms with E-state index in [0.717, 1.165) is 6.92 Å². The third kappa shape index (κ3) is 6.74. The second-order valence-electron chi connectivity index (χ2n) is 3.35. The fraction of sp³-hybridized carbons (Fsp3) is 0.556. The van der Waals surface area contributed by atoms with E-state index in [2.05, 4.69) is 5.32 Å². The van der Waals surface area contributed by atoms with Crippen molar-refractivity contribution in [2.24, 2.45) is 0 Å². The summed E-state index contributed by atoms with van der Waals surface area (Å²) in [6, 6.07) is -1.25. The van der Waals surface area contributed by atoms with E-state index in [9.17, 15) is 19.2 Å². The van der Waals surface area contributed by atoms with Gasteiger partial charge in [-0.25, -0.2) is 4.79 Å². The van der Waals surface area contributed by atoms with Crippen LogP contribution in [0, 0.1) is 0 Å². The van der Waals surface area contributed by atoms with Crippen LogP contribution >= 0.6 is 11.8 Å². The second-order valence-corrected chi connectivity index (χ2v) is 4.59. The highest BCUT2D eigenvalue weighted by molar-refractivity contribution is 8.00. The van der Waals surface area contributed by atoms with Gasteiger partial charge < -0.3 is 20.6 Å². The zero-order valence-electron chi connectivity index (χ0n) is 9.45. The number of hydrogen-bond donors (Lipinski definition) is 4. The van der Waals surface area contributed by atoms with E-state index in [-0.39, 0.29) is 5.75 Å². The van der Waals surface area contributed by atoms with E-state index < -0.39 is 41.5 Å². The van der Waals surface area contributed by atoms with Gasteiger partial charge in [0.25, 0.3) is 0 Å². The van der Waals surface area contributed by atoms with Crippen molar-refractivity contribution >= 4 is 35.6 Å². The summed E-state index contributed by atoms with van der Waals surface area (Å²) in [7, 11) is 0. The van der Waals surface area contributed by atoms with Crippen LogP contribution in [-0.4, -0.2) is 56.2 Å². The molecule has 0 aromatic carbocycles. The van der Waals surface area contributed by atoms with Crippen LogP contribution in [0.1, 0.15) is 13.3 Å². The van der Waals surface area contributed by atoms with Crippen LogP contribution in [0.25, 0.3) is 0 Å². The summed E-state index contributed by atoms with van der Waals surface area (Å²) in [5.74, 6) is -4.72. The van der Waals surface area contributed by atoms with Crippen LogP contribution in [0.15, 0.2) is 0 Å². The molecule has 0 aliphatic heterocycles. The highest BCUT2D eigenvalue weighted by atomic mass is 32.2. The number of hydrogen-bond acceptors (Lipinski definition) is 5. The lowest BCUT2D eigenvalue weighted by molar-refractivity contribution is -0.143. The van der Waals surface area contributed by atoms with Gasteiger partial charge in [-0.2, -0.15) is 0 Å². The number of carbonyl (C=O) groups excluding carboxylic acids is 1. The number of rotatable bonds is 8. The van der Waals surface area contributed by atoms with Crippen molar-refractivity contribution < 1.29 is 34.5 Å². The third-order valence-electron chi connectivity index (χ3n) is 1.78. The molecule has 0 aliphatic carbocycles. The molecule has 0 heterocycles. The molecule has 9 heteroatoms. The monoisotopic (exact) mass is 279 g/mol. The normalized spacial score (nSPS) is 13.4. The Hall–Kier alpha value is -1.77. The molecule has 0 bridgehead atoms. The summed E-state index contributed by atoms with van der Waals surface area (Å²) in [5.41, 5.74) is 0. The molecule has 0 spiro atoms. The molecule has 18 heavy (non-hydrogen) atoms. The van der Waals surface area contributed by atoms with E-state index in [4.69, 9.17) is 15.3 Å². The Morgan fingerprint density at radius 3 is 2.00 bits per heavy atom. The average Bonchev–Trinajstić information content (AvgIpc) is 2.20. The van der Waals surface area contributed by atoms with E-state index in [1.54, 1.807) is 0 Å². The maximum atomic E-state index is 10.7. The number of aliphatic carboxylic acids is 3. The van der Waals surface area contributed by atoms with Crippen LogP contribution in [0.3, 0.4) is 0 Å². The molecule has 2 atom stereocenters. The SMILES string of the molecule is CC(=O)N[C@@H](CSC(CC(=O)O)C(=O)O)C(=O)O. The van der Waals surface area contributed by atoms with E-state index in [0.29, 0.717) is 11.8 Å². The highest BCUT2D eigenvalue weighted by Crippen LogP contribution is 2.16. The molecule has 0 aromatic rings. The standard InChI is InChI=1S/C9H13NO7S/c1-4(11)10-5(8(14)15)3-18-6(9(16)17)2-7(12)13/h5-6H,2-3H2,1H3,(H,10,11)(H,12,13)(H,14,15)(H,16,17)/t5-,6?/m0/s1. The van der Waals surface area contributed by atoms with Gasteiger partial charge in [0.2, 0.25) is 5.91 Å². The molecule has 0 aromatic heterocycles. The summed E-state index contributed by atoms with van der Waals surface area (Å²) in [6.07, 6.45) is -0.619. The first-order valence-electron chi connectivity index (χ1n) is 4.80. The Labute approximate surface area is 106 Å². The Morgan fingerprint density at radius 2 is 1.67 bits per heavy atom. The highest BCUT2D eigenvalue weighted by Gasteiger charge is 2.26. The van der Waals surface area contributed by atoms with Crippen LogP contribution in [0.2, 0.25) is 0 Å². The van der Waals surface area contributed by atoms with Crippen molar-refractivity contribution in [1.82, 2.24) is 5.32 Å². The molecule has 0 aliphatic rings. The van der Waals surface area contributed by atoms with Crippen molar-refractivity contribution in [3.05, 3.63) is 0 Å². The predicted molar refractivity (Wildman–Crippen MR) is 61.4 cm³/mol. The molecule has 0 radical (unpaired) electrons. The van der Waals surface area contributed by atoms with Crippen molar-refractivity contribution in [2.75, 3.05) is 5.75 Å². The third-order valence-corrected chi connectivity index (χ3v) is 3.07. The quantitative estimate of drug-likeness (QED) is 0.454. The van der Waals surface area contributed by atoms with Gasteiger partial charge in [0, 0.05) is 12.7 Å². The number of thioether (sulfide) groups is 1. The first-order valence-corrected chi connectivity index (χ1v) is 5.85. The molecule has 0 saturated carbocycles. The second kappa shape index (κ2) is 7.54. The molecule has 1 amide bonds. The first-order chi connectivity index (χ1) is 8.23. The number of carboxylic acids is 3. The Kier molecular flexibility index (Phi) is 6.79. The minimum Gasteiger partial charge on any atom is -0.481 e. The molecule has 1 unspecified atom stereocenters. The van der Waals surface area contributed by atoms with Gasteiger partial charge in [-0.15, -0.1) is 11.8 Å². The minimum absolute atomic E-state index is 0.223. The van der Waals surface area contributed by atoms with Gasteiger partial charge in [-0.1, -0.05) is 0 Å². The molecular weight excluding hydrogens is 266 g/mol. The number of amides is 1. The molecule has 4 N–H and O–H groups in total. The molecular formula is C9H13NO7S. The van der Waals surface area contributed by atoms with Gasteiger partial charge in [-0.3, -0.25) is 14.4 Å². The number of carboxylic acid groups (broad SMARTS) is 3. The zero-order chi connectivity index (χ0) is 14.3. The van der Waals surface area contributed by atoms with Crippen LogP contribution in [0.4, 0.5) is 0 Å². The topological polar surface area (TPSA) is 141 Å². The minimum atomic E-state index is -1.34. The Bertz CT molecular complexity index is 323. The fourth-order valence-corrected chi connectivity index (χ4v) is 2.06. The molecule has 0 rings (SSSR count). The van der Waals surface area contributed by atoms with Gasteiger partial charge >= 0.3 is 17.9 Å². The predicted octanol–water partition coefficient (Wildman–Crippen LogP) is -0.763. The zero-order valence-corrected chi connectivity index (χ0v) is 10.3. The molecule has 102 valence electrons. The van der Waals surface area contributed by atoms with Gasteiger partial charge in [0.1, 0.15) is 11.3 Å². The van der Waals surface area contributed by atoms with Crippen molar-refractivity contribution in [3.8, 4) is 0 Å². The first kappa shape index (κ1) is 16.2. The van der Waals surface area contributed by atoms with Crippen LogP contribution in [-0.2, 0) is 19.2 Å². The lowest BCUT2D eigenvalue weighted by atomic mass is 10.3. The Morgan fingerprint density at radius 1 is 1.11 bits per heavy atom. The summed E-state index contributed by atoms with van der Waals surface area (Å²) >= 11 is 0.660. The molecule has 0 fully saturated rings. The van der Waals surface area contributed by atoms with Gasteiger partial charge in [0.05, 0.1) is 6.42 Å². The summed E-state index contributed by atoms with van der Waals surface area (Å²) in [4.78, 5) is 42.6. The lowest BCUT2D eigenvalue weighted by Gasteiger charge is -2.15. The van der Waals surface area contributed by atoms with Gasteiger partial charge in [-0.05, 0) is 0 Å². The van der Waals surface area contributed by atoms with E-state index >= 15 is 0 Å². The lowest BCUT2D eigenvalue weighted by Crippen LogP contribution is -2.42. The van der Waals surface area contributed by atoms with Crippen molar-refractivity contribution in [2.45, 2.75) is 24.6 Å². The van der Waals surface area contributed by atoms with E-state index in [1.807, 2.05) is 0 Å². The summed E-state index contributed by atoms with van der Waals surface area (Å²) in [5, 5.41) is 26.9. The Balaban J connectivity index is 4.45. The maximum absolute atomic E-state index is 10.7. The average molecular weight is 279 g/mol. The largest absolute Gasteiger partial charge is 0.481 e. The number of nitrogens with one attached hydrogen (secondary N) is 1. The van der Waals surface area contributed by atoms with Crippen molar-refractivity contribution in [1.29, 1.82) is 0 Å². The summed E-state index contributed by atoms with van der Waals surface area (Å²) in [6.45, 7) is 1.13. The van der Waals surface area contributed by atoms with E-state index in [1.165, 1.54) is 0 Å². The smallest absolute Gasteiger partial charge is 0.327 e. The van der Waals surface area contributed by atoms with Gasteiger partial charge in [0.15, 0.2) is 0 Å². The summed E-state index contributed by atoms with van der Waals surface area (Å²) < 4.78 is 0. The maximum Gasteiger partial charge on any atom is 0.327 e. The van der Waals surface area contributed by atoms with Crippen LogP contribution in [0.5, 0.6) is 0 Å². The molecule has 8 nitrogen and oxygen atoms in total. The number of carbonyl (C=O) groups is 4. The van der Waals surface area contributed by atoms with Crippen molar-refractivity contribution in [3.63, 3.8) is 0 Å². The molecule has 0 saturated heterocycles. The van der Waals surface area contributed by atoms with Crippen LogP contribution < -0.4 is 5.32 Å². The fourth-order valence-electron chi connectivity index (χ4n) is 1.01.